The van der Waals surface area contributed by atoms with Crippen LogP contribution >= 0.6 is 23.8 Å². The summed E-state index contributed by atoms with van der Waals surface area (Å²) >= 11 is 11.0. The van der Waals surface area contributed by atoms with Crippen LogP contribution in [0.3, 0.4) is 0 Å². The maximum absolute atomic E-state index is 13.2. The highest BCUT2D eigenvalue weighted by molar-refractivity contribution is 7.71. The van der Waals surface area contributed by atoms with Crippen LogP contribution in [0.1, 0.15) is 13.3 Å². The lowest BCUT2D eigenvalue weighted by Gasteiger charge is -2.09. The van der Waals surface area contributed by atoms with Crippen LogP contribution in [0.2, 0.25) is 5.02 Å². The van der Waals surface area contributed by atoms with Gasteiger partial charge in [0.2, 0.25) is 5.91 Å². The molecule has 0 saturated carbocycles. The van der Waals surface area contributed by atoms with Crippen LogP contribution in [0.15, 0.2) is 42.5 Å². The van der Waals surface area contributed by atoms with E-state index in [4.69, 9.17) is 28.6 Å². The van der Waals surface area contributed by atoms with Crippen LogP contribution in [0.5, 0.6) is 5.75 Å². The largest absolute Gasteiger partial charge is 0.494 e. The van der Waals surface area contributed by atoms with Crippen molar-refractivity contribution in [3.63, 3.8) is 0 Å². The summed E-state index contributed by atoms with van der Waals surface area (Å²) in [5, 5.41) is 9.65. The van der Waals surface area contributed by atoms with Crippen LogP contribution in [0.4, 0.5) is 10.1 Å². The van der Waals surface area contributed by atoms with Crippen molar-refractivity contribution < 1.29 is 13.9 Å². The number of nitrogens with one attached hydrogen (secondary N) is 2. The van der Waals surface area contributed by atoms with Gasteiger partial charge in [-0.05, 0) is 61.6 Å². The first-order chi connectivity index (χ1) is 13.5. The third-order valence-electron chi connectivity index (χ3n) is 3.95. The Morgan fingerprint density at radius 1 is 1.32 bits per heavy atom. The SMILES string of the molecule is CCOc1ccc(-c2n[nH]c(=S)n2CCC(=O)Nc2ccc(F)c(Cl)c2)cc1. The number of halogens is 2. The number of nitrogens with zero attached hydrogens (tertiary/aromatic N) is 2. The lowest BCUT2D eigenvalue weighted by atomic mass is 10.2. The summed E-state index contributed by atoms with van der Waals surface area (Å²) in [5.74, 6) is 0.614. The molecule has 0 fully saturated rings. The van der Waals surface area contributed by atoms with E-state index >= 15 is 0 Å². The average Bonchev–Trinajstić information content (AvgIpc) is 3.04. The molecule has 0 saturated heterocycles. The number of hydrogen-bond acceptors (Lipinski definition) is 4. The first kappa shape index (κ1) is 20.0. The van der Waals surface area contributed by atoms with Gasteiger partial charge in [0.05, 0.1) is 11.6 Å². The van der Waals surface area contributed by atoms with Gasteiger partial charge in [-0.1, -0.05) is 11.6 Å². The Labute approximate surface area is 171 Å². The second kappa shape index (κ2) is 8.99. The molecule has 0 unspecified atom stereocenters. The Bertz CT molecular complexity index is 1030. The molecular weight excluding hydrogens is 403 g/mol. The molecule has 1 heterocycles. The van der Waals surface area contributed by atoms with Crippen LogP contribution in [-0.4, -0.2) is 27.3 Å². The predicted octanol–water partition coefficient (Wildman–Crippen LogP) is 4.83. The molecule has 2 N–H and O–H groups in total. The van der Waals surface area contributed by atoms with Crippen LogP contribution in [-0.2, 0) is 11.3 Å². The van der Waals surface area contributed by atoms with Gasteiger partial charge in [0.15, 0.2) is 10.6 Å². The van der Waals surface area contributed by atoms with Gasteiger partial charge in [0.25, 0.3) is 0 Å². The summed E-state index contributed by atoms with van der Waals surface area (Å²) < 4.78 is 20.8. The lowest BCUT2D eigenvalue weighted by molar-refractivity contribution is -0.116. The Hall–Kier alpha value is -2.71. The molecule has 0 spiro atoms. The quantitative estimate of drug-likeness (QED) is 0.537. The number of H-pyrrole nitrogens is 1. The van der Waals surface area contributed by atoms with Gasteiger partial charge < -0.3 is 10.1 Å². The monoisotopic (exact) mass is 420 g/mol. The first-order valence-corrected chi connectivity index (χ1v) is 9.40. The van der Waals surface area contributed by atoms with E-state index < -0.39 is 5.82 Å². The van der Waals surface area contributed by atoms with E-state index in [0.29, 0.717) is 29.4 Å². The van der Waals surface area contributed by atoms with Gasteiger partial charge in [-0.15, -0.1) is 0 Å². The number of aromatic amines is 1. The second-order valence-corrected chi connectivity index (χ2v) is 6.68. The third-order valence-corrected chi connectivity index (χ3v) is 4.55. The van der Waals surface area contributed by atoms with E-state index in [2.05, 4.69) is 15.5 Å². The fourth-order valence-corrected chi connectivity index (χ4v) is 3.03. The minimum absolute atomic E-state index is 0.0485. The number of benzene rings is 2. The minimum atomic E-state index is -0.538. The number of ether oxygens (including phenoxy) is 1. The fourth-order valence-electron chi connectivity index (χ4n) is 2.62. The van der Waals surface area contributed by atoms with Crippen molar-refractivity contribution in [2.24, 2.45) is 0 Å². The van der Waals surface area contributed by atoms with Crippen molar-refractivity contribution in [1.29, 1.82) is 0 Å². The molecule has 146 valence electrons. The van der Waals surface area contributed by atoms with Crippen molar-refractivity contribution in [2.75, 3.05) is 11.9 Å². The zero-order valence-corrected chi connectivity index (χ0v) is 16.6. The molecule has 2 aromatic carbocycles. The van der Waals surface area contributed by atoms with E-state index in [1.165, 1.54) is 18.2 Å². The zero-order chi connectivity index (χ0) is 20.1. The molecule has 6 nitrogen and oxygen atoms in total. The van der Waals surface area contributed by atoms with E-state index in [0.717, 1.165) is 11.3 Å². The fraction of sp³-hybridized carbons (Fsp3) is 0.211. The summed E-state index contributed by atoms with van der Waals surface area (Å²) in [4.78, 5) is 12.2. The topological polar surface area (TPSA) is 71.9 Å². The Balaban J connectivity index is 1.69. The lowest BCUT2D eigenvalue weighted by Crippen LogP contribution is -2.15. The predicted molar refractivity (Wildman–Crippen MR) is 109 cm³/mol. The van der Waals surface area contributed by atoms with Gasteiger partial charge in [0, 0.05) is 24.2 Å². The molecule has 1 amide bonds. The van der Waals surface area contributed by atoms with Crippen molar-refractivity contribution in [3.8, 4) is 17.1 Å². The van der Waals surface area contributed by atoms with Crippen molar-refractivity contribution in [2.45, 2.75) is 19.9 Å². The average molecular weight is 421 g/mol. The van der Waals surface area contributed by atoms with Crippen molar-refractivity contribution >= 4 is 35.4 Å². The summed E-state index contributed by atoms with van der Waals surface area (Å²) in [6, 6.07) is 11.5. The van der Waals surface area contributed by atoms with Gasteiger partial charge in [-0.3, -0.25) is 14.5 Å². The molecule has 3 rings (SSSR count). The highest BCUT2D eigenvalue weighted by atomic mass is 35.5. The molecule has 9 heteroatoms. The summed E-state index contributed by atoms with van der Waals surface area (Å²) in [5.41, 5.74) is 1.28. The molecular formula is C19H18ClFN4O2S. The first-order valence-electron chi connectivity index (χ1n) is 8.61. The molecule has 0 aliphatic carbocycles. The summed E-state index contributed by atoms with van der Waals surface area (Å²) in [7, 11) is 0. The molecule has 0 aliphatic heterocycles. The Morgan fingerprint density at radius 3 is 2.75 bits per heavy atom. The number of amides is 1. The molecule has 0 aliphatic rings. The normalized spacial score (nSPS) is 10.7. The van der Waals surface area contributed by atoms with Gasteiger partial charge in [-0.25, -0.2) is 4.39 Å². The third kappa shape index (κ3) is 4.76. The standard InChI is InChI=1S/C19H18ClFN4O2S/c1-2-27-14-6-3-12(4-7-14)18-23-24-19(28)25(18)10-9-17(26)22-13-5-8-16(21)15(20)11-13/h3-8,11H,2,9-10H2,1H3,(H,22,26)(H,24,28). The second-order valence-electron chi connectivity index (χ2n) is 5.89. The van der Waals surface area contributed by atoms with E-state index in [-0.39, 0.29) is 17.4 Å². The summed E-state index contributed by atoms with van der Waals surface area (Å²) in [6.07, 6.45) is 0.160. The summed E-state index contributed by atoms with van der Waals surface area (Å²) in [6.45, 7) is 2.84. The Morgan fingerprint density at radius 2 is 2.07 bits per heavy atom. The minimum Gasteiger partial charge on any atom is -0.494 e. The molecule has 0 radical (unpaired) electrons. The van der Waals surface area contributed by atoms with E-state index in [9.17, 15) is 9.18 Å². The van der Waals surface area contributed by atoms with Crippen LogP contribution in [0, 0.1) is 10.6 Å². The van der Waals surface area contributed by atoms with Crippen molar-refractivity contribution in [3.05, 3.63) is 58.1 Å². The number of aromatic nitrogens is 3. The molecule has 0 bridgehead atoms. The van der Waals surface area contributed by atoms with Gasteiger partial charge in [-0.2, -0.15) is 5.10 Å². The number of rotatable bonds is 7. The maximum atomic E-state index is 13.2. The molecule has 1 aromatic heterocycles. The Kier molecular flexibility index (Phi) is 6.43. The van der Waals surface area contributed by atoms with Crippen molar-refractivity contribution in [1.82, 2.24) is 14.8 Å². The number of carbonyl (C=O) groups excluding carboxylic acids is 1. The van der Waals surface area contributed by atoms with E-state index in [1.807, 2.05) is 31.2 Å². The number of anilines is 1. The van der Waals surface area contributed by atoms with Gasteiger partial charge in [0.1, 0.15) is 11.6 Å². The van der Waals surface area contributed by atoms with Crippen LogP contribution in [0.25, 0.3) is 11.4 Å². The smallest absolute Gasteiger partial charge is 0.226 e. The van der Waals surface area contributed by atoms with Crippen LogP contribution < -0.4 is 10.1 Å². The molecule has 28 heavy (non-hydrogen) atoms. The highest BCUT2D eigenvalue weighted by Gasteiger charge is 2.12. The molecule has 0 atom stereocenters. The maximum Gasteiger partial charge on any atom is 0.226 e. The number of hydrogen-bond donors (Lipinski definition) is 2. The highest BCUT2D eigenvalue weighted by Crippen LogP contribution is 2.22. The molecule has 3 aromatic rings. The zero-order valence-electron chi connectivity index (χ0n) is 15.0. The van der Waals surface area contributed by atoms with E-state index in [1.54, 1.807) is 4.57 Å². The number of carbonyl (C=O) groups is 1. The van der Waals surface area contributed by atoms with Gasteiger partial charge >= 0.3 is 0 Å².